The number of aromatic nitrogens is 2. The number of nitrogens with zero attached hydrogens (tertiary/aromatic N) is 3. The Hall–Kier alpha value is -0.870. The minimum absolute atomic E-state index is 0.126. The van der Waals surface area contributed by atoms with Gasteiger partial charge in [-0.15, -0.1) is 0 Å². The molecule has 1 saturated heterocycles. The standard InChI is InChI=1S/C16H30N4/c1-11-14(12(2)19(6)18-11)15-13(17)9-7-8-10-20(15)16(3,4)5/h13,15H,7-10,17H2,1-6H3. The number of nitrogens with two attached hydrogens (primary N) is 1. The van der Waals surface area contributed by atoms with Gasteiger partial charge in [-0.1, -0.05) is 6.42 Å². The van der Waals surface area contributed by atoms with Crippen LogP contribution in [0.4, 0.5) is 0 Å². The predicted molar refractivity (Wildman–Crippen MR) is 83.7 cm³/mol. The third kappa shape index (κ3) is 2.77. The summed E-state index contributed by atoms with van der Waals surface area (Å²) in [6.07, 6.45) is 3.56. The van der Waals surface area contributed by atoms with Crippen LogP contribution in [0.2, 0.25) is 0 Å². The Morgan fingerprint density at radius 1 is 1.20 bits per heavy atom. The van der Waals surface area contributed by atoms with Gasteiger partial charge in [-0.25, -0.2) is 0 Å². The van der Waals surface area contributed by atoms with Gasteiger partial charge in [0.15, 0.2) is 0 Å². The van der Waals surface area contributed by atoms with Crippen LogP contribution in [-0.4, -0.2) is 32.8 Å². The molecule has 114 valence electrons. The number of hydrogen-bond acceptors (Lipinski definition) is 3. The van der Waals surface area contributed by atoms with Gasteiger partial charge in [0.1, 0.15) is 0 Å². The molecule has 2 N–H and O–H groups in total. The van der Waals surface area contributed by atoms with Crippen LogP contribution in [-0.2, 0) is 7.05 Å². The fourth-order valence-corrected chi connectivity index (χ4v) is 3.53. The highest BCUT2D eigenvalue weighted by atomic mass is 15.3. The molecule has 2 unspecified atom stereocenters. The van der Waals surface area contributed by atoms with Crippen molar-refractivity contribution in [3.8, 4) is 0 Å². The molecule has 0 radical (unpaired) electrons. The second-order valence-corrected chi connectivity index (χ2v) is 7.18. The molecule has 1 aliphatic heterocycles. The maximum atomic E-state index is 6.57. The van der Waals surface area contributed by atoms with Crippen molar-refractivity contribution in [1.29, 1.82) is 0 Å². The molecule has 0 aliphatic carbocycles. The minimum atomic E-state index is 0.126. The molecule has 20 heavy (non-hydrogen) atoms. The number of rotatable bonds is 1. The maximum absolute atomic E-state index is 6.57. The zero-order chi connectivity index (χ0) is 15.1. The van der Waals surface area contributed by atoms with Crippen LogP contribution < -0.4 is 5.73 Å². The number of aryl methyl sites for hydroxylation is 2. The van der Waals surface area contributed by atoms with Gasteiger partial charge in [0.2, 0.25) is 0 Å². The lowest BCUT2D eigenvalue weighted by Gasteiger charge is -2.43. The van der Waals surface area contributed by atoms with Crippen LogP contribution >= 0.6 is 0 Å². The molecule has 0 spiro atoms. The summed E-state index contributed by atoms with van der Waals surface area (Å²) in [7, 11) is 2.02. The van der Waals surface area contributed by atoms with Crippen LogP contribution in [0.25, 0.3) is 0 Å². The molecule has 0 bridgehead atoms. The van der Waals surface area contributed by atoms with Crippen molar-refractivity contribution < 1.29 is 0 Å². The van der Waals surface area contributed by atoms with Gasteiger partial charge in [0, 0.05) is 29.9 Å². The summed E-state index contributed by atoms with van der Waals surface area (Å²) in [6.45, 7) is 12.3. The van der Waals surface area contributed by atoms with Crippen LogP contribution in [0.1, 0.15) is 63.0 Å². The highest BCUT2D eigenvalue weighted by Crippen LogP contribution is 2.37. The first-order chi connectivity index (χ1) is 9.23. The van der Waals surface area contributed by atoms with Crippen LogP contribution in [0.3, 0.4) is 0 Å². The normalized spacial score (nSPS) is 25.8. The van der Waals surface area contributed by atoms with Crippen LogP contribution in [0.15, 0.2) is 0 Å². The molecule has 2 atom stereocenters. The first-order valence-electron chi connectivity index (χ1n) is 7.76. The summed E-state index contributed by atoms with van der Waals surface area (Å²) in [5.41, 5.74) is 10.4. The quantitative estimate of drug-likeness (QED) is 0.859. The monoisotopic (exact) mass is 278 g/mol. The van der Waals surface area contributed by atoms with Crippen molar-refractivity contribution in [2.45, 2.75) is 71.5 Å². The van der Waals surface area contributed by atoms with Crippen molar-refractivity contribution >= 4 is 0 Å². The van der Waals surface area contributed by atoms with E-state index in [1.807, 2.05) is 11.7 Å². The SMILES string of the molecule is Cc1nn(C)c(C)c1C1C(N)CCCCN1C(C)(C)C. The maximum Gasteiger partial charge on any atom is 0.0644 e. The Labute approximate surface area is 123 Å². The lowest BCUT2D eigenvalue weighted by atomic mass is 9.91. The lowest BCUT2D eigenvalue weighted by molar-refractivity contribution is 0.0748. The van der Waals surface area contributed by atoms with E-state index in [1.165, 1.54) is 24.1 Å². The van der Waals surface area contributed by atoms with Gasteiger partial charge >= 0.3 is 0 Å². The topological polar surface area (TPSA) is 47.1 Å². The van der Waals surface area contributed by atoms with Gasteiger partial charge in [-0.05, 0) is 54.0 Å². The van der Waals surface area contributed by atoms with Gasteiger partial charge in [0.25, 0.3) is 0 Å². The summed E-state index contributed by atoms with van der Waals surface area (Å²) >= 11 is 0. The minimum Gasteiger partial charge on any atom is -0.326 e. The molecule has 1 aromatic heterocycles. The van der Waals surface area contributed by atoms with E-state index >= 15 is 0 Å². The van der Waals surface area contributed by atoms with Crippen LogP contribution in [0.5, 0.6) is 0 Å². The number of likely N-dealkylation sites (tertiary alicyclic amines) is 1. The van der Waals surface area contributed by atoms with E-state index in [2.05, 4.69) is 44.6 Å². The number of hydrogen-bond donors (Lipinski definition) is 1. The van der Waals surface area contributed by atoms with E-state index in [9.17, 15) is 0 Å². The predicted octanol–water partition coefficient (Wildman–Crippen LogP) is 2.69. The van der Waals surface area contributed by atoms with E-state index in [0.29, 0.717) is 0 Å². The molecule has 0 aromatic carbocycles. The fourth-order valence-electron chi connectivity index (χ4n) is 3.53. The third-order valence-electron chi connectivity index (χ3n) is 4.65. The van der Waals surface area contributed by atoms with E-state index in [0.717, 1.165) is 18.7 Å². The van der Waals surface area contributed by atoms with Gasteiger partial charge < -0.3 is 5.73 Å². The van der Waals surface area contributed by atoms with E-state index in [1.54, 1.807) is 0 Å². The van der Waals surface area contributed by atoms with E-state index in [-0.39, 0.29) is 17.6 Å². The molecule has 1 aliphatic rings. The summed E-state index contributed by atoms with van der Waals surface area (Å²) in [6, 6.07) is 0.476. The highest BCUT2D eigenvalue weighted by Gasteiger charge is 2.37. The average Bonchev–Trinajstić information content (AvgIpc) is 2.51. The zero-order valence-corrected chi connectivity index (χ0v) is 13.9. The Balaban J connectivity index is 2.51. The zero-order valence-electron chi connectivity index (χ0n) is 13.9. The Bertz CT molecular complexity index is 470. The summed E-state index contributed by atoms with van der Waals surface area (Å²) < 4.78 is 1.99. The van der Waals surface area contributed by atoms with Crippen molar-refractivity contribution in [2.24, 2.45) is 12.8 Å². The Morgan fingerprint density at radius 2 is 1.85 bits per heavy atom. The van der Waals surface area contributed by atoms with Gasteiger partial charge in [-0.3, -0.25) is 9.58 Å². The molecule has 1 aromatic rings. The molecule has 1 fully saturated rings. The van der Waals surface area contributed by atoms with Gasteiger partial charge in [-0.2, -0.15) is 5.10 Å². The molecule has 4 nitrogen and oxygen atoms in total. The molecular formula is C16H30N4. The molecule has 2 heterocycles. The second kappa shape index (κ2) is 5.49. The van der Waals surface area contributed by atoms with E-state index < -0.39 is 0 Å². The summed E-state index contributed by atoms with van der Waals surface area (Å²) in [4.78, 5) is 2.58. The molecular weight excluding hydrogens is 248 g/mol. The fraction of sp³-hybridized carbons (Fsp3) is 0.812. The van der Waals surface area contributed by atoms with E-state index in [4.69, 9.17) is 5.73 Å². The molecule has 2 rings (SSSR count). The average molecular weight is 278 g/mol. The third-order valence-corrected chi connectivity index (χ3v) is 4.65. The summed E-state index contributed by atoms with van der Waals surface area (Å²) in [5, 5.41) is 4.60. The van der Waals surface area contributed by atoms with Crippen LogP contribution in [0, 0.1) is 13.8 Å². The van der Waals surface area contributed by atoms with Crippen molar-refractivity contribution in [2.75, 3.05) is 6.54 Å². The first-order valence-corrected chi connectivity index (χ1v) is 7.76. The smallest absolute Gasteiger partial charge is 0.0644 e. The lowest BCUT2D eigenvalue weighted by Crippen LogP contribution is -2.49. The van der Waals surface area contributed by atoms with Crippen molar-refractivity contribution in [3.63, 3.8) is 0 Å². The molecule has 0 saturated carbocycles. The first kappa shape index (κ1) is 15.5. The summed E-state index contributed by atoms with van der Waals surface area (Å²) in [5.74, 6) is 0. The van der Waals surface area contributed by atoms with Crippen molar-refractivity contribution in [3.05, 3.63) is 17.0 Å². The molecule has 0 amide bonds. The Morgan fingerprint density at radius 3 is 2.35 bits per heavy atom. The second-order valence-electron chi connectivity index (χ2n) is 7.18. The Kier molecular flexibility index (Phi) is 4.26. The van der Waals surface area contributed by atoms with Gasteiger partial charge in [0.05, 0.1) is 11.7 Å². The largest absolute Gasteiger partial charge is 0.326 e. The highest BCUT2D eigenvalue weighted by molar-refractivity contribution is 5.30. The van der Waals surface area contributed by atoms with Crippen molar-refractivity contribution in [1.82, 2.24) is 14.7 Å². The molecule has 4 heteroatoms.